The third-order valence-corrected chi connectivity index (χ3v) is 8.48. The Balaban J connectivity index is 1.31. The van der Waals surface area contributed by atoms with Crippen LogP contribution in [-0.2, 0) is 33.1 Å². The molecule has 2 aliphatic heterocycles. The Morgan fingerprint density at radius 1 is 1.07 bits per heavy atom. The van der Waals surface area contributed by atoms with Gasteiger partial charge in [-0.2, -0.15) is 0 Å². The fourth-order valence-electron chi connectivity index (χ4n) is 5.49. The van der Waals surface area contributed by atoms with E-state index in [1.807, 2.05) is 66.7 Å². The van der Waals surface area contributed by atoms with Gasteiger partial charge in [-0.1, -0.05) is 77.5 Å². The van der Waals surface area contributed by atoms with Gasteiger partial charge in [0, 0.05) is 54.1 Å². The van der Waals surface area contributed by atoms with Gasteiger partial charge in [0.1, 0.15) is 0 Å². The smallest absolute Gasteiger partial charge is 0.264 e. The number of amides is 3. The first kappa shape index (κ1) is 29.7. The molecule has 0 aromatic heterocycles. The van der Waals surface area contributed by atoms with Gasteiger partial charge in [0.2, 0.25) is 11.8 Å². The second-order valence-electron chi connectivity index (χ2n) is 10.7. The highest BCUT2D eigenvalue weighted by molar-refractivity contribution is 9.10. The molecular formula is C33H34BrN3O5. The van der Waals surface area contributed by atoms with Crippen LogP contribution in [0.15, 0.2) is 89.4 Å². The van der Waals surface area contributed by atoms with E-state index in [4.69, 9.17) is 0 Å². The molecule has 42 heavy (non-hydrogen) atoms. The summed E-state index contributed by atoms with van der Waals surface area (Å²) < 4.78 is 0.741. The number of aliphatic hydroxyl groups excluding tert-OH is 1. The Morgan fingerprint density at radius 2 is 1.81 bits per heavy atom. The van der Waals surface area contributed by atoms with E-state index in [0.29, 0.717) is 30.8 Å². The predicted molar refractivity (Wildman–Crippen MR) is 165 cm³/mol. The molecule has 0 unspecified atom stereocenters. The molecule has 218 valence electrons. The highest BCUT2D eigenvalue weighted by atomic mass is 79.9. The quantitative estimate of drug-likeness (QED) is 0.239. The number of carbonyl (C=O) groups is 3. The minimum atomic E-state index is -1.82. The summed E-state index contributed by atoms with van der Waals surface area (Å²) in [6, 6.07) is 22.5. The van der Waals surface area contributed by atoms with Crippen molar-refractivity contribution >= 4 is 45.0 Å². The third kappa shape index (κ3) is 5.90. The Bertz CT molecular complexity index is 1490. The molecule has 2 heterocycles. The molecule has 3 amide bonds. The van der Waals surface area contributed by atoms with E-state index in [2.05, 4.69) is 15.9 Å². The number of hydrogen-bond donors (Lipinski definition) is 2. The Hall–Kier alpha value is -3.79. The minimum Gasteiger partial charge on any atom is -0.395 e. The normalized spacial score (nSPS) is 18.8. The SMILES string of the molecule is C[C@@H](/C=C/CC(=O)N(CCO)Cc1ccccc1)[C@]1(O)C(=O)N(Cc2ccc(N3CCC3=O)cc2)c2ccc(Br)cc21. The molecule has 3 aromatic rings. The number of anilines is 2. The molecule has 2 atom stereocenters. The number of rotatable bonds is 11. The van der Waals surface area contributed by atoms with Gasteiger partial charge in [-0.3, -0.25) is 14.4 Å². The highest BCUT2D eigenvalue weighted by Crippen LogP contribution is 2.46. The average molecular weight is 633 g/mol. The van der Waals surface area contributed by atoms with Gasteiger partial charge in [0.15, 0.2) is 5.60 Å². The van der Waals surface area contributed by atoms with Crippen LogP contribution in [0.2, 0.25) is 0 Å². The minimum absolute atomic E-state index is 0.0718. The van der Waals surface area contributed by atoms with Gasteiger partial charge in [0.05, 0.1) is 18.8 Å². The summed E-state index contributed by atoms with van der Waals surface area (Å²) in [5.41, 5.74) is 1.97. The standard InChI is InChI=1S/C33H34BrN3O5/c1-23(6-5-9-30(39)35(18-19-38)21-24-7-3-2-4-8-24)33(42)28-20-26(34)12-15-29(28)37(32(33)41)22-25-10-13-27(14-11-25)36-17-16-31(36)40/h2-8,10-15,20,23,38,42H,9,16-19,21-22H2,1H3/b6-5+/t23-,33+/m0/s1. The summed E-state index contributed by atoms with van der Waals surface area (Å²) in [5.74, 6) is -1.12. The number of fused-ring (bicyclic) bond motifs is 1. The lowest BCUT2D eigenvalue weighted by molar-refractivity contribution is -0.139. The van der Waals surface area contributed by atoms with Crippen molar-refractivity contribution in [3.05, 3.63) is 106 Å². The van der Waals surface area contributed by atoms with Crippen molar-refractivity contribution in [1.82, 2.24) is 4.90 Å². The maximum absolute atomic E-state index is 13.9. The lowest BCUT2D eigenvalue weighted by atomic mass is 9.83. The zero-order chi connectivity index (χ0) is 29.9. The fourth-order valence-corrected chi connectivity index (χ4v) is 5.85. The summed E-state index contributed by atoms with van der Waals surface area (Å²) in [6.45, 7) is 3.19. The van der Waals surface area contributed by atoms with Crippen LogP contribution in [0, 0.1) is 5.92 Å². The van der Waals surface area contributed by atoms with Crippen molar-refractivity contribution in [2.45, 2.75) is 38.5 Å². The molecule has 0 radical (unpaired) electrons. The van der Waals surface area contributed by atoms with Crippen LogP contribution in [0.3, 0.4) is 0 Å². The zero-order valence-electron chi connectivity index (χ0n) is 23.4. The van der Waals surface area contributed by atoms with Crippen LogP contribution < -0.4 is 9.80 Å². The van der Waals surface area contributed by atoms with Crippen LogP contribution >= 0.6 is 15.9 Å². The van der Waals surface area contributed by atoms with Gasteiger partial charge < -0.3 is 24.9 Å². The van der Waals surface area contributed by atoms with Crippen molar-refractivity contribution in [2.24, 2.45) is 5.92 Å². The summed E-state index contributed by atoms with van der Waals surface area (Å²) in [7, 11) is 0. The first-order valence-corrected chi connectivity index (χ1v) is 14.8. The van der Waals surface area contributed by atoms with E-state index in [1.165, 1.54) is 0 Å². The lowest BCUT2D eigenvalue weighted by Crippen LogP contribution is -2.44. The van der Waals surface area contributed by atoms with E-state index < -0.39 is 17.4 Å². The number of β-lactam (4-membered cyclic amide) rings is 1. The van der Waals surface area contributed by atoms with Crippen molar-refractivity contribution in [3.63, 3.8) is 0 Å². The zero-order valence-corrected chi connectivity index (χ0v) is 25.0. The van der Waals surface area contributed by atoms with E-state index >= 15 is 0 Å². The number of benzene rings is 3. The molecule has 0 aliphatic carbocycles. The van der Waals surface area contributed by atoms with Gasteiger partial charge in [-0.05, 0) is 41.5 Å². The van der Waals surface area contributed by atoms with E-state index in [-0.39, 0.29) is 37.9 Å². The molecule has 0 spiro atoms. The number of nitrogens with zero attached hydrogens (tertiary/aromatic N) is 3. The van der Waals surface area contributed by atoms with E-state index in [1.54, 1.807) is 39.8 Å². The summed E-state index contributed by atoms with van der Waals surface area (Å²) in [5, 5.41) is 21.4. The molecule has 8 nitrogen and oxygen atoms in total. The molecule has 5 rings (SSSR count). The molecule has 0 saturated carbocycles. The van der Waals surface area contributed by atoms with Crippen LogP contribution in [0.4, 0.5) is 11.4 Å². The van der Waals surface area contributed by atoms with Gasteiger partial charge in [-0.25, -0.2) is 0 Å². The van der Waals surface area contributed by atoms with Crippen molar-refractivity contribution < 1.29 is 24.6 Å². The second-order valence-corrected chi connectivity index (χ2v) is 11.6. The van der Waals surface area contributed by atoms with E-state index in [9.17, 15) is 24.6 Å². The van der Waals surface area contributed by atoms with Crippen LogP contribution in [0.25, 0.3) is 0 Å². The van der Waals surface area contributed by atoms with Crippen LogP contribution in [-0.4, -0.2) is 52.5 Å². The van der Waals surface area contributed by atoms with Gasteiger partial charge in [0.25, 0.3) is 5.91 Å². The number of hydrogen-bond acceptors (Lipinski definition) is 5. The third-order valence-electron chi connectivity index (χ3n) is 7.99. The lowest BCUT2D eigenvalue weighted by Gasteiger charge is -2.31. The van der Waals surface area contributed by atoms with Crippen molar-refractivity contribution in [2.75, 3.05) is 29.5 Å². The first-order chi connectivity index (χ1) is 20.2. The second kappa shape index (κ2) is 12.6. The molecule has 9 heteroatoms. The number of aliphatic hydroxyl groups is 2. The number of carbonyl (C=O) groups excluding carboxylic acids is 3. The van der Waals surface area contributed by atoms with E-state index in [0.717, 1.165) is 21.3 Å². The molecule has 1 fully saturated rings. The molecule has 2 N–H and O–H groups in total. The van der Waals surface area contributed by atoms with Gasteiger partial charge in [-0.15, -0.1) is 0 Å². The Morgan fingerprint density at radius 3 is 2.45 bits per heavy atom. The van der Waals surface area contributed by atoms with Crippen molar-refractivity contribution in [1.29, 1.82) is 0 Å². The molecule has 1 saturated heterocycles. The van der Waals surface area contributed by atoms with Crippen LogP contribution in [0.1, 0.15) is 36.5 Å². The monoisotopic (exact) mass is 631 g/mol. The largest absolute Gasteiger partial charge is 0.395 e. The summed E-state index contributed by atoms with van der Waals surface area (Å²) in [4.78, 5) is 43.6. The predicted octanol–water partition coefficient (Wildman–Crippen LogP) is 4.52. The summed E-state index contributed by atoms with van der Waals surface area (Å²) >= 11 is 3.48. The molecule has 2 aliphatic rings. The van der Waals surface area contributed by atoms with Crippen LogP contribution in [0.5, 0.6) is 0 Å². The fraction of sp³-hybridized carbons (Fsp3) is 0.303. The van der Waals surface area contributed by atoms with Gasteiger partial charge >= 0.3 is 0 Å². The maximum Gasteiger partial charge on any atom is 0.264 e. The highest BCUT2D eigenvalue weighted by Gasteiger charge is 2.52. The molecule has 3 aromatic carbocycles. The average Bonchev–Trinajstić information content (AvgIpc) is 3.19. The summed E-state index contributed by atoms with van der Waals surface area (Å²) in [6.07, 6.45) is 4.03. The topological polar surface area (TPSA) is 101 Å². The maximum atomic E-state index is 13.9. The van der Waals surface area contributed by atoms with Crippen molar-refractivity contribution in [3.8, 4) is 0 Å². The first-order valence-electron chi connectivity index (χ1n) is 14.0. The number of halogens is 1. The Labute approximate surface area is 254 Å². The molecular weight excluding hydrogens is 598 g/mol. The Kier molecular flexibility index (Phi) is 8.91. The molecule has 0 bridgehead atoms.